The van der Waals surface area contributed by atoms with Crippen LogP contribution < -0.4 is 0 Å². The summed E-state index contributed by atoms with van der Waals surface area (Å²) in [5.41, 5.74) is 0.283. The first-order valence-corrected chi connectivity index (χ1v) is 5.90. The molecular formula is C13H22O3. The van der Waals surface area contributed by atoms with Gasteiger partial charge in [-0.1, -0.05) is 32.4 Å². The number of hydrogen-bond acceptors (Lipinski definition) is 2. The van der Waals surface area contributed by atoms with Gasteiger partial charge in [0.2, 0.25) is 0 Å². The molecule has 0 aromatic carbocycles. The lowest BCUT2D eigenvalue weighted by Crippen LogP contribution is -2.37. The molecule has 0 aromatic rings. The Kier molecular flexibility index (Phi) is 3.79. The van der Waals surface area contributed by atoms with Crippen LogP contribution in [0.3, 0.4) is 0 Å². The summed E-state index contributed by atoms with van der Waals surface area (Å²) in [7, 11) is 0. The molecule has 0 radical (unpaired) electrons. The quantitative estimate of drug-likeness (QED) is 0.727. The number of carbonyl (C=O) groups is 1. The Hall–Kier alpha value is -0.830. The van der Waals surface area contributed by atoms with Gasteiger partial charge in [0, 0.05) is 0 Å². The lowest BCUT2D eigenvalue weighted by Gasteiger charge is -2.36. The molecule has 0 amide bonds. The van der Waals surface area contributed by atoms with E-state index in [0.29, 0.717) is 12.8 Å². The van der Waals surface area contributed by atoms with E-state index in [-0.39, 0.29) is 11.8 Å². The van der Waals surface area contributed by atoms with Crippen molar-refractivity contribution in [1.29, 1.82) is 0 Å². The average Bonchev–Trinajstić information content (AvgIpc) is 2.10. The normalized spacial score (nSPS) is 32.4. The van der Waals surface area contributed by atoms with Crippen LogP contribution in [0.4, 0.5) is 0 Å². The molecule has 2 N–H and O–H groups in total. The van der Waals surface area contributed by atoms with Crippen LogP contribution in [0.5, 0.6) is 0 Å². The molecule has 3 atom stereocenters. The van der Waals surface area contributed by atoms with E-state index in [1.54, 1.807) is 0 Å². The molecule has 1 aliphatic carbocycles. The predicted octanol–water partition coefficient (Wildman–Crippen LogP) is 2.45. The highest BCUT2D eigenvalue weighted by Gasteiger charge is 2.36. The maximum Gasteiger partial charge on any atom is 0.310 e. The summed E-state index contributed by atoms with van der Waals surface area (Å²) >= 11 is 0. The standard InChI is InChI=1S/C13H22O3/c1-8(2)11(12(14)15)10-5-6-13(4,16)9(3)7-10/h5,8-9,11,16H,6-7H2,1-4H3,(H,14,15). The predicted molar refractivity (Wildman–Crippen MR) is 63.1 cm³/mol. The summed E-state index contributed by atoms with van der Waals surface area (Å²) in [4.78, 5) is 11.2. The fourth-order valence-corrected chi connectivity index (χ4v) is 2.32. The van der Waals surface area contributed by atoms with Crippen LogP contribution in [-0.4, -0.2) is 21.8 Å². The summed E-state index contributed by atoms with van der Waals surface area (Å²) in [6.45, 7) is 7.65. The van der Waals surface area contributed by atoms with Gasteiger partial charge in [-0.25, -0.2) is 0 Å². The molecule has 3 nitrogen and oxygen atoms in total. The Morgan fingerprint density at radius 1 is 1.56 bits per heavy atom. The Morgan fingerprint density at radius 3 is 2.50 bits per heavy atom. The minimum atomic E-state index is -0.755. The average molecular weight is 226 g/mol. The van der Waals surface area contributed by atoms with Crippen molar-refractivity contribution in [2.24, 2.45) is 17.8 Å². The van der Waals surface area contributed by atoms with Gasteiger partial charge in [-0.05, 0) is 31.6 Å². The molecule has 0 heterocycles. The second kappa shape index (κ2) is 4.58. The van der Waals surface area contributed by atoms with Gasteiger partial charge in [0.05, 0.1) is 11.5 Å². The van der Waals surface area contributed by atoms with Gasteiger partial charge >= 0.3 is 5.97 Å². The molecule has 0 spiro atoms. The van der Waals surface area contributed by atoms with E-state index in [4.69, 9.17) is 0 Å². The van der Waals surface area contributed by atoms with E-state index >= 15 is 0 Å². The van der Waals surface area contributed by atoms with Crippen molar-refractivity contribution in [3.63, 3.8) is 0 Å². The van der Waals surface area contributed by atoms with E-state index in [1.165, 1.54) is 0 Å². The number of carboxylic acids is 1. The third-order valence-electron chi connectivity index (χ3n) is 3.71. The number of aliphatic hydroxyl groups is 1. The highest BCUT2D eigenvalue weighted by atomic mass is 16.4. The summed E-state index contributed by atoms with van der Waals surface area (Å²) in [6, 6.07) is 0. The van der Waals surface area contributed by atoms with Gasteiger partial charge in [0.15, 0.2) is 0 Å². The van der Waals surface area contributed by atoms with Gasteiger partial charge in [-0.15, -0.1) is 0 Å². The van der Waals surface area contributed by atoms with Crippen LogP contribution in [0.1, 0.15) is 40.5 Å². The van der Waals surface area contributed by atoms with Crippen molar-refractivity contribution in [2.45, 2.75) is 46.1 Å². The Balaban J connectivity index is 2.90. The second-order valence-corrected chi connectivity index (χ2v) is 5.51. The minimum absolute atomic E-state index is 0.0963. The highest BCUT2D eigenvalue weighted by molar-refractivity contribution is 5.74. The lowest BCUT2D eigenvalue weighted by atomic mass is 9.73. The van der Waals surface area contributed by atoms with Gasteiger partial charge in [-0.2, -0.15) is 0 Å². The van der Waals surface area contributed by atoms with E-state index in [2.05, 4.69) is 0 Å². The highest BCUT2D eigenvalue weighted by Crippen LogP contribution is 2.37. The number of carboxylic acid groups (broad SMARTS) is 1. The van der Waals surface area contributed by atoms with E-state index in [0.717, 1.165) is 5.57 Å². The van der Waals surface area contributed by atoms with Crippen LogP contribution in [0.25, 0.3) is 0 Å². The summed E-state index contributed by atoms with van der Waals surface area (Å²) in [5.74, 6) is -0.944. The molecule has 92 valence electrons. The van der Waals surface area contributed by atoms with Gasteiger partial charge in [-0.3, -0.25) is 4.79 Å². The van der Waals surface area contributed by atoms with Crippen molar-refractivity contribution >= 4 is 5.97 Å². The van der Waals surface area contributed by atoms with Crippen LogP contribution in [0.15, 0.2) is 11.6 Å². The number of rotatable bonds is 3. The first-order valence-electron chi connectivity index (χ1n) is 5.90. The Bertz CT molecular complexity index is 302. The minimum Gasteiger partial charge on any atom is -0.481 e. The zero-order valence-electron chi connectivity index (χ0n) is 10.5. The lowest BCUT2D eigenvalue weighted by molar-refractivity contribution is -0.142. The third-order valence-corrected chi connectivity index (χ3v) is 3.71. The van der Waals surface area contributed by atoms with Gasteiger partial charge in [0.1, 0.15) is 0 Å². The molecule has 1 aliphatic rings. The van der Waals surface area contributed by atoms with Crippen LogP contribution in [0.2, 0.25) is 0 Å². The zero-order valence-corrected chi connectivity index (χ0v) is 10.5. The van der Waals surface area contributed by atoms with Gasteiger partial charge in [0.25, 0.3) is 0 Å². The van der Waals surface area contributed by atoms with E-state index < -0.39 is 17.5 Å². The molecule has 16 heavy (non-hydrogen) atoms. The summed E-state index contributed by atoms with van der Waals surface area (Å²) in [6.07, 6.45) is 3.15. The fraction of sp³-hybridized carbons (Fsp3) is 0.769. The maximum absolute atomic E-state index is 11.2. The van der Waals surface area contributed by atoms with E-state index in [1.807, 2.05) is 33.8 Å². The molecule has 3 unspecified atom stereocenters. The molecular weight excluding hydrogens is 204 g/mol. The topological polar surface area (TPSA) is 57.5 Å². The molecule has 3 heteroatoms. The van der Waals surface area contributed by atoms with Crippen molar-refractivity contribution in [1.82, 2.24) is 0 Å². The van der Waals surface area contributed by atoms with Crippen LogP contribution in [-0.2, 0) is 4.79 Å². The SMILES string of the molecule is CC(C)C(C(=O)O)C1=CCC(C)(O)C(C)C1. The molecule has 0 fully saturated rings. The molecule has 0 saturated carbocycles. The smallest absolute Gasteiger partial charge is 0.310 e. The molecule has 1 rings (SSSR count). The zero-order chi connectivity index (χ0) is 12.5. The molecule has 0 bridgehead atoms. The maximum atomic E-state index is 11.2. The Labute approximate surface area is 97.2 Å². The molecule has 0 saturated heterocycles. The molecule has 0 aromatic heterocycles. The number of hydrogen-bond donors (Lipinski definition) is 2. The number of aliphatic carboxylic acids is 1. The Morgan fingerprint density at radius 2 is 2.12 bits per heavy atom. The van der Waals surface area contributed by atoms with Crippen molar-refractivity contribution in [2.75, 3.05) is 0 Å². The monoisotopic (exact) mass is 226 g/mol. The van der Waals surface area contributed by atoms with Crippen molar-refractivity contribution < 1.29 is 15.0 Å². The molecule has 0 aliphatic heterocycles. The summed E-state index contributed by atoms with van der Waals surface area (Å²) < 4.78 is 0. The van der Waals surface area contributed by atoms with Crippen LogP contribution in [0, 0.1) is 17.8 Å². The van der Waals surface area contributed by atoms with Gasteiger partial charge < -0.3 is 10.2 Å². The van der Waals surface area contributed by atoms with Crippen LogP contribution >= 0.6 is 0 Å². The second-order valence-electron chi connectivity index (χ2n) is 5.51. The first-order chi connectivity index (χ1) is 7.25. The van der Waals surface area contributed by atoms with Crippen molar-refractivity contribution in [3.05, 3.63) is 11.6 Å². The first kappa shape index (κ1) is 13.2. The van der Waals surface area contributed by atoms with Crippen molar-refractivity contribution in [3.8, 4) is 0 Å². The summed E-state index contributed by atoms with van der Waals surface area (Å²) in [5, 5.41) is 19.2. The fourth-order valence-electron chi connectivity index (χ4n) is 2.32. The van der Waals surface area contributed by atoms with E-state index in [9.17, 15) is 15.0 Å². The third kappa shape index (κ3) is 2.64. The largest absolute Gasteiger partial charge is 0.481 e.